The second kappa shape index (κ2) is 4.26. The molecule has 0 heterocycles. The quantitative estimate of drug-likeness (QED) is 0.582. The van der Waals surface area contributed by atoms with Crippen molar-refractivity contribution in [3.8, 4) is 0 Å². The number of alkyl halides is 1. The van der Waals surface area contributed by atoms with Crippen LogP contribution in [0.1, 0.15) is 36.3 Å². The molecule has 0 amide bonds. The van der Waals surface area contributed by atoms with Gasteiger partial charge >= 0.3 is 5.97 Å². The molecule has 0 saturated heterocycles. The van der Waals surface area contributed by atoms with Gasteiger partial charge in [0.15, 0.2) is 0 Å². The van der Waals surface area contributed by atoms with E-state index in [1.807, 2.05) is 0 Å². The molecule has 2 bridgehead atoms. The molecule has 2 aromatic rings. The summed E-state index contributed by atoms with van der Waals surface area (Å²) in [5, 5.41) is 2.85. The third-order valence-electron chi connectivity index (χ3n) is 5.97. The SMILES string of the molecule is CC(=O)O[C@H]1[C@H]2C[C@@H](Cl)[C@@H]1[C@@H]1c3cccc4cccc(c34)[C@H]21. The van der Waals surface area contributed by atoms with Crippen molar-refractivity contribution < 1.29 is 9.53 Å². The van der Waals surface area contributed by atoms with Gasteiger partial charge in [0, 0.05) is 24.1 Å². The fourth-order valence-electron chi connectivity index (χ4n) is 5.47. The molecule has 112 valence electrons. The molecule has 2 saturated carbocycles. The number of benzene rings is 2. The first-order valence-corrected chi connectivity index (χ1v) is 8.43. The minimum atomic E-state index is -0.183. The van der Waals surface area contributed by atoms with Crippen LogP contribution in [0.25, 0.3) is 10.8 Å². The van der Waals surface area contributed by atoms with E-state index in [9.17, 15) is 4.79 Å². The zero-order valence-electron chi connectivity index (χ0n) is 12.3. The van der Waals surface area contributed by atoms with Gasteiger partial charge in [-0.1, -0.05) is 36.4 Å². The fraction of sp³-hybridized carbons (Fsp3) is 0.421. The molecule has 0 N–H and O–H groups in total. The fourth-order valence-corrected chi connectivity index (χ4v) is 5.97. The zero-order chi connectivity index (χ0) is 15.0. The van der Waals surface area contributed by atoms with Crippen molar-refractivity contribution in [2.24, 2.45) is 11.8 Å². The monoisotopic (exact) mass is 312 g/mol. The summed E-state index contributed by atoms with van der Waals surface area (Å²) >= 11 is 6.64. The molecular formula is C19H17ClO2. The minimum absolute atomic E-state index is 0.0152. The molecule has 6 atom stereocenters. The van der Waals surface area contributed by atoms with Crippen LogP contribution < -0.4 is 0 Å². The number of fused-ring (bicyclic) bond motifs is 7. The van der Waals surface area contributed by atoms with Gasteiger partial charge in [-0.15, -0.1) is 11.6 Å². The summed E-state index contributed by atoms with van der Waals surface area (Å²) in [6.07, 6.45) is 0.939. The molecule has 22 heavy (non-hydrogen) atoms. The van der Waals surface area contributed by atoms with Crippen LogP contribution in [0, 0.1) is 11.8 Å². The third-order valence-corrected chi connectivity index (χ3v) is 6.44. The van der Waals surface area contributed by atoms with Crippen molar-refractivity contribution in [2.45, 2.75) is 36.7 Å². The first-order chi connectivity index (χ1) is 10.7. The molecule has 0 aromatic heterocycles. The molecule has 3 heteroatoms. The number of hydrogen-bond donors (Lipinski definition) is 0. The van der Waals surface area contributed by atoms with E-state index < -0.39 is 0 Å². The van der Waals surface area contributed by atoms with Gasteiger partial charge < -0.3 is 4.74 Å². The van der Waals surface area contributed by atoms with E-state index in [0.717, 1.165) is 6.42 Å². The highest BCUT2D eigenvalue weighted by Crippen LogP contribution is 2.67. The highest BCUT2D eigenvalue weighted by Gasteiger charge is 2.63. The van der Waals surface area contributed by atoms with Gasteiger partial charge in [0.1, 0.15) is 6.10 Å². The summed E-state index contributed by atoms with van der Waals surface area (Å²) in [5.41, 5.74) is 2.85. The summed E-state index contributed by atoms with van der Waals surface area (Å²) in [4.78, 5) is 11.5. The molecule has 3 aliphatic carbocycles. The molecule has 0 spiro atoms. The van der Waals surface area contributed by atoms with Crippen LogP contribution in [0.3, 0.4) is 0 Å². The largest absolute Gasteiger partial charge is 0.462 e. The summed E-state index contributed by atoms with van der Waals surface area (Å²) in [6, 6.07) is 13.2. The van der Waals surface area contributed by atoms with E-state index in [2.05, 4.69) is 36.4 Å². The highest BCUT2D eigenvalue weighted by molar-refractivity contribution is 6.21. The molecule has 0 aliphatic heterocycles. The second-order valence-corrected chi connectivity index (χ2v) is 7.47. The normalized spacial score (nSPS) is 37.5. The first-order valence-electron chi connectivity index (χ1n) is 7.99. The topological polar surface area (TPSA) is 26.3 Å². The Labute approximate surface area is 134 Å². The summed E-state index contributed by atoms with van der Waals surface area (Å²) in [5.74, 6) is 1.30. The molecule has 2 fully saturated rings. The van der Waals surface area contributed by atoms with Crippen LogP contribution in [-0.4, -0.2) is 17.5 Å². The predicted molar refractivity (Wildman–Crippen MR) is 86.2 cm³/mol. The zero-order valence-corrected chi connectivity index (χ0v) is 13.1. The van der Waals surface area contributed by atoms with Crippen LogP contribution in [0.2, 0.25) is 0 Å². The molecule has 5 rings (SSSR count). The molecule has 2 nitrogen and oxygen atoms in total. The van der Waals surface area contributed by atoms with Crippen LogP contribution >= 0.6 is 11.6 Å². The highest BCUT2D eigenvalue weighted by atomic mass is 35.5. The lowest BCUT2D eigenvalue weighted by molar-refractivity contribution is -0.148. The average Bonchev–Trinajstić information content (AvgIpc) is 3.07. The Balaban J connectivity index is 1.70. The van der Waals surface area contributed by atoms with Gasteiger partial charge in [0.25, 0.3) is 0 Å². The van der Waals surface area contributed by atoms with Gasteiger partial charge in [-0.25, -0.2) is 0 Å². The average molecular weight is 313 g/mol. The minimum Gasteiger partial charge on any atom is -0.462 e. The van der Waals surface area contributed by atoms with E-state index in [0.29, 0.717) is 17.8 Å². The van der Waals surface area contributed by atoms with Crippen molar-refractivity contribution in [2.75, 3.05) is 0 Å². The first kappa shape index (κ1) is 13.0. The maximum absolute atomic E-state index is 11.5. The number of ether oxygens (including phenoxy) is 1. The van der Waals surface area contributed by atoms with Crippen LogP contribution in [0.5, 0.6) is 0 Å². The summed E-state index contributed by atoms with van der Waals surface area (Å²) < 4.78 is 5.69. The number of esters is 1. The van der Waals surface area contributed by atoms with Gasteiger partial charge in [-0.2, -0.15) is 0 Å². The predicted octanol–water partition coefficient (Wildman–Crippen LogP) is 4.21. The molecule has 0 unspecified atom stereocenters. The van der Waals surface area contributed by atoms with E-state index in [1.54, 1.807) is 0 Å². The van der Waals surface area contributed by atoms with Crippen molar-refractivity contribution in [3.05, 3.63) is 47.5 Å². The van der Waals surface area contributed by atoms with Gasteiger partial charge in [0.2, 0.25) is 0 Å². The Morgan fingerprint density at radius 2 is 1.82 bits per heavy atom. The van der Waals surface area contributed by atoms with Crippen molar-refractivity contribution in [3.63, 3.8) is 0 Å². The Morgan fingerprint density at radius 3 is 2.50 bits per heavy atom. The number of halogens is 1. The number of hydrogen-bond acceptors (Lipinski definition) is 2. The van der Waals surface area contributed by atoms with Gasteiger partial charge in [-0.3, -0.25) is 4.79 Å². The Bertz CT molecular complexity index is 794. The molecule has 3 aliphatic rings. The Hall–Kier alpha value is -1.54. The molecule has 0 radical (unpaired) electrons. The van der Waals surface area contributed by atoms with Gasteiger partial charge in [-0.05, 0) is 40.2 Å². The Kier molecular flexibility index (Phi) is 2.51. The lowest BCUT2D eigenvalue weighted by atomic mass is 9.78. The molecule has 2 aromatic carbocycles. The number of carbonyl (C=O) groups is 1. The molecular weight excluding hydrogens is 296 g/mol. The van der Waals surface area contributed by atoms with E-state index in [-0.39, 0.29) is 23.4 Å². The maximum Gasteiger partial charge on any atom is 0.302 e. The van der Waals surface area contributed by atoms with Crippen LogP contribution in [0.4, 0.5) is 0 Å². The van der Waals surface area contributed by atoms with Gasteiger partial charge in [0.05, 0.1) is 0 Å². The maximum atomic E-state index is 11.5. The smallest absolute Gasteiger partial charge is 0.302 e. The lowest BCUT2D eigenvalue weighted by Crippen LogP contribution is -2.26. The summed E-state index contributed by atoms with van der Waals surface area (Å²) in [6.45, 7) is 1.51. The third kappa shape index (κ3) is 1.44. The van der Waals surface area contributed by atoms with E-state index >= 15 is 0 Å². The Morgan fingerprint density at radius 1 is 1.14 bits per heavy atom. The lowest BCUT2D eigenvalue weighted by Gasteiger charge is -2.28. The number of rotatable bonds is 1. The van der Waals surface area contributed by atoms with E-state index in [1.165, 1.54) is 28.8 Å². The second-order valence-electron chi connectivity index (χ2n) is 6.91. The van der Waals surface area contributed by atoms with Crippen molar-refractivity contribution in [1.29, 1.82) is 0 Å². The van der Waals surface area contributed by atoms with Crippen molar-refractivity contribution in [1.82, 2.24) is 0 Å². The number of carbonyl (C=O) groups excluding carboxylic acids is 1. The van der Waals surface area contributed by atoms with Crippen LogP contribution in [0.15, 0.2) is 36.4 Å². The van der Waals surface area contributed by atoms with Crippen molar-refractivity contribution >= 4 is 28.3 Å². The summed E-state index contributed by atoms with van der Waals surface area (Å²) in [7, 11) is 0. The van der Waals surface area contributed by atoms with E-state index in [4.69, 9.17) is 16.3 Å². The standard InChI is InChI=1S/C19H17ClO2/c1-9(21)22-19-13-8-14(20)18(19)17-12-7-3-5-10-4-2-6-11(15(10)12)16(13)17/h2-7,13-14,16-19H,8H2,1H3/t13-,14+,16+,17+,18+,19-/m0/s1. The van der Waals surface area contributed by atoms with Crippen LogP contribution in [-0.2, 0) is 9.53 Å².